The number of hydrogen-bond acceptors (Lipinski definition) is 5. The van der Waals surface area contributed by atoms with E-state index in [9.17, 15) is 36.2 Å². The molecule has 0 fully saturated rings. The average molecular weight is 437 g/mol. The third kappa shape index (κ3) is 4.50. The molecule has 0 unspecified atom stereocenters. The molecule has 164 valence electrons. The fourth-order valence-electron chi connectivity index (χ4n) is 2.65. The summed E-state index contributed by atoms with van der Waals surface area (Å²) in [5.74, 6) is -0.620. The summed E-state index contributed by atoms with van der Waals surface area (Å²) < 4.78 is 88.8. The zero-order valence-corrected chi connectivity index (χ0v) is 15.8. The number of aliphatic hydroxyl groups is 1. The molecule has 2 aromatic rings. The number of alkyl halides is 6. The van der Waals surface area contributed by atoms with E-state index in [0.717, 1.165) is 19.4 Å². The summed E-state index contributed by atoms with van der Waals surface area (Å²) >= 11 is 0. The summed E-state index contributed by atoms with van der Waals surface area (Å²) in [6.07, 6.45) is -10.3. The van der Waals surface area contributed by atoms with Gasteiger partial charge in [0.15, 0.2) is 0 Å². The maximum absolute atomic E-state index is 13.1. The lowest BCUT2D eigenvalue weighted by Gasteiger charge is -2.33. The predicted molar refractivity (Wildman–Crippen MR) is 92.1 cm³/mol. The number of pyridine rings is 1. The quantitative estimate of drug-likeness (QED) is 0.513. The molecule has 0 bridgehead atoms. The number of aromatic nitrogens is 1. The highest BCUT2D eigenvalue weighted by atomic mass is 19.4. The van der Waals surface area contributed by atoms with Crippen molar-refractivity contribution in [2.75, 3.05) is 7.11 Å². The van der Waals surface area contributed by atoms with Gasteiger partial charge < -0.3 is 14.6 Å². The average Bonchev–Trinajstić information content (AvgIpc) is 2.67. The van der Waals surface area contributed by atoms with Gasteiger partial charge in [0.1, 0.15) is 17.2 Å². The van der Waals surface area contributed by atoms with Gasteiger partial charge in [-0.15, -0.1) is 0 Å². The van der Waals surface area contributed by atoms with E-state index >= 15 is 0 Å². The second kappa shape index (κ2) is 8.50. The molecule has 0 saturated heterocycles. The van der Waals surface area contributed by atoms with Gasteiger partial charge in [0.05, 0.1) is 13.3 Å². The number of ether oxygens (including phenoxy) is 2. The molecule has 0 spiro atoms. The normalized spacial score (nSPS) is 12.6. The maximum Gasteiger partial charge on any atom is 0.430 e. The molecule has 0 atom stereocenters. The predicted octanol–water partition coefficient (Wildman–Crippen LogP) is 4.93. The van der Waals surface area contributed by atoms with E-state index < -0.39 is 29.5 Å². The number of esters is 1. The van der Waals surface area contributed by atoms with Gasteiger partial charge >= 0.3 is 18.3 Å². The Bertz CT molecular complexity index is 879. The number of rotatable bonds is 6. The van der Waals surface area contributed by atoms with Crippen molar-refractivity contribution >= 4 is 5.97 Å². The summed E-state index contributed by atoms with van der Waals surface area (Å²) in [7, 11) is 1.16. The van der Waals surface area contributed by atoms with Crippen molar-refractivity contribution in [2.24, 2.45) is 0 Å². The number of methoxy groups -OCH3 is 1. The van der Waals surface area contributed by atoms with Gasteiger partial charge in [-0.1, -0.05) is 19.4 Å². The molecule has 1 heterocycles. The first-order valence-corrected chi connectivity index (χ1v) is 8.56. The summed E-state index contributed by atoms with van der Waals surface area (Å²) in [5, 5.41) is 9.59. The lowest BCUT2D eigenvalue weighted by molar-refractivity contribution is -0.376. The first-order chi connectivity index (χ1) is 13.8. The van der Waals surface area contributed by atoms with Crippen LogP contribution < -0.4 is 4.74 Å². The standard InChI is InChI=1S/C19H17F6NO4/c1-3-4-11-9-12(17(28,18(20,21)22)19(23,24)25)5-8-15(11)30-13-6-7-14(26-10-13)16(27)29-2/h5-10,28H,3-4H2,1-2H3. The van der Waals surface area contributed by atoms with E-state index in [2.05, 4.69) is 9.72 Å². The van der Waals surface area contributed by atoms with Crippen LogP contribution in [0.1, 0.15) is 35.0 Å². The largest absolute Gasteiger partial charge is 0.464 e. The second-order valence-corrected chi connectivity index (χ2v) is 6.25. The lowest BCUT2D eigenvalue weighted by Crippen LogP contribution is -2.53. The number of halogens is 6. The van der Waals surface area contributed by atoms with Gasteiger partial charge in [0.25, 0.3) is 5.60 Å². The summed E-state index contributed by atoms with van der Waals surface area (Å²) in [4.78, 5) is 15.2. The van der Waals surface area contributed by atoms with Crippen molar-refractivity contribution in [1.82, 2.24) is 4.98 Å². The van der Waals surface area contributed by atoms with E-state index in [4.69, 9.17) is 4.74 Å². The fraction of sp³-hybridized carbons (Fsp3) is 0.368. The SMILES string of the molecule is CCCc1cc(C(O)(C(F)(F)F)C(F)(F)F)ccc1Oc1ccc(C(=O)OC)nc1. The van der Waals surface area contributed by atoms with Gasteiger partial charge in [0, 0.05) is 5.56 Å². The highest BCUT2D eigenvalue weighted by molar-refractivity contribution is 5.87. The minimum absolute atomic E-state index is 0.0140. The summed E-state index contributed by atoms with van der Waals surface area (Å²) in [5.41, 5.74) is -6.38. The van der Waals surface area contributed by atoms with Crippen molar-refractivity contribution in [1.29, 1.82) is 0 Å². The molecule has 0 amide bonds. The minimum atomic E-state index is -5.98. The maximum atomic E-state index is 13.1. The van der Waals surface area contributed by atoms with Crippen molar-refractivity contribution in [3.05, 3.63) is 53.3 Å². The van der Waals surface area contributed by atoms with E-state index in [0.29, 0.717) is 18.6 Å². The van der Waals surface area contributed by atoms with Crippen LogP contribution >= 0.6 is 0 Å². The second-order valence-electron chi connectivity index (χ2n) is 6.25. The molecule has 0 aliphatic rings. The zero-order valence-electron chi connectivity index (χ0n) is 15.8. The van der Waals surface area contributed by atoms with Gasteiger partial charge in [-0.2, -0.15) is 26.3 Å². The number of carbonyl (C=O) groups is 1. The number of aryl methyl sites for hydroxylation is 1. The number of nitrogens with zero attached hydrogens (tertiary/aromatic N) is 1. The molecule has 30 heavy (non-hydrogen) atoms. The molecule has 0 aliphatic carbocycles. The van der Waals surface area contributed by atoms with E-state index in [1.54, 1.807) is 6.92 Å². The third-order valence-corrected chi connectivity index (χ3v) is 4.18. The topological polar surface area (TPSA) is 68.7 Å². The molecule has 0 saturated carbocycles. The molecule has 2 rings (SSSR count). The highest BCUT2D eigenvalue weighted by Gasteiger charge is 2.71. The van der Waals surface area contributed by atoms with Crippen LogP contribution in [0.25, 0.3) is 0 Å². The number of benzene rings is 1. The van der Waals surface area contributed by atoms with E-state index in [-0.39, 0.29) is 29.2 Å². The zero-order chi connectivity index (χ0) is 22.7. The van der Waals surface area contributed by atoms with Crippen LogP contribution in [0.2, 0.25) is 0 Å². The number of hydrogen-bond donors (Lipinski definition) is 1. The molecule has 1 aromatic heterocycles. The van der Waals surface area contributed by atoms with E-state index in [1.807, 2.05) is 0 Å². The summed E-state index contributed by atoms with van der Waals surface area (Å²) in [6.45, 7) is 1.67. The van der Waals surface area contributed by atoms with Crippen LogP contribution in [-0.2, 0) is 16.8 Å². The van der Waals surface area contributed by atoms with Gasteiger partial charge in [-0.25, -0.2) is 9.78 Å². The molecule has 1 aromatic carbocycles. The van der Waals surface area contributed by atoms with Gasteiger partial charge in [0.2, 0.25) is 0 Å². The molecule has 1 N–H and O–H groups in total. The Hall–Kier alpha value is -2.82. The first-order valence-electron chi connectivity index (χ1n) is 8.56. The minimum Gasteiger partial charge on any atom is -0.464 e. The first kappa shape index (κ1) is 23.5. The fourth-order valence-corrected chi connectivity index (χ4v) is 2.65. The molecule has 0 radical (unpaired) electrons. The lowest BCUT2D eigenvalue weighted by atomic mass is 9.90. The monoisotopic (exact) mass is 437 g/mol. The Balaban J connectivity index is 2.45. The van der Waals surface area contributed by atoms with Crippen molar-refractivity contribution in [2.45, 2.75) is 37.7 Å². The highest BCUT2D eigenvalue weighted by Crippen LogP contribution is 2.50. The Morgan fingerprint density at radius 1 is 1.07 bits per heavy atom. The van der Waals surface area contributed by atoms with Crippen LogP contribution in [0.5, 0.6) is 11.5 Å². The van der Waals surface area contributed by atoms with Crippen molar-refractivity contribution in [3.8, 4) is 11.5 Å². The van der Waals surface area contributed by atoms with Crippen LogP contribution in [0.4, 0.5) is 26.3 Å². The van der Waals surface area contributed by atoms with Crippen LogP contribution in [0.3, 0.4) is 0 Å². The third-order valence-electron chi connectivity index (χ3n) is 4.18. The molecule has 11 heteroatoms. The molecular formula is C19H17F6NO4. The Morgan fingerprint density at radius 3 is 2.17 bits per heavy atom. The smallest absolute Gasteiger partial charge is 0.430 e. The van der Waals surface area contributed by atoms with Gasteiger partial charge in [-0.05, 0) is 36.2 Å². The molecule has 5 nitrogen and oxygen atoms in total. The molecular weight excluding hydrogens is 420 g/mol. The van der Waals surface area contributed by atoms with Gasteiger partial charge in [-0.3, -0.25) is 0 Å². The van der Waals surface area contributed by atoms with Crippen molar-refractivity contribution in [3.63, 3.8) is 0 Å². The molecule has 0 aliphatic heterocycles. The Labute approximate surface area is 167 Å². The Kier molecular flexibility index (Phi) is 6.65. The number of carbonyl (C=O) groups excluding carboxylic acids is 1. The van der Waals surface area contributed by atoms with Crippen LogP contribution in [0.15, 0.2) is 36.5 Å². The van der Waals surface area contributed by atoms with Crippen LogP contribution in [0, 0.1) is 0 Å². The van der Waals surface area contributed by atoms with Crippen molar-refractivity contribution < 1.29 is 45.7 Å². The summed E-state index contributed by atoms with van der Waals surface area (Å²) in [6, 6.07) is 4.66. The Morgan fingerprint density at radius 2 is 1.70 bits per heavy atom. The van der Waals surface area contributed by atoms with Crippen LogP contribution in [-0.4, -0.2) is 35.5 Å². The van der Waals surface area contributed by atoms with E-state index in [1.165, 1.54) is 12.1 Å².